The number of aryl methyl sites for hydroxylation is 1. The molecule has 5 N–H and O–H groups in total. The molecule has 2 rings (SSSR count). The van der Waals surface area contributed by atoms with Gasteiger partial charge < -0.3 is 16.0 Å². The SMILES string of the molecule is CCc1ccccc1NC(=O)C[NH2+][C@H](C(=O)NC(=O)NC)c1ccccc1. The van der Waals surface area contributed by atoms with Gasteiger partial charge in [-0.25, -0.2) is 4.79 Å². The Morgan fingerprint density at radius 2 is 1.67 bits per heavy atom. The second-order valence-electron chi connectivity index (χ2n) is 5.96. The molecule has 0 fully saturated rings. The van der Waals surface area contributed by atoms with Crippen molar-refractivity contribution in [3.63, 3.8) is 0 Å². The largest absolute Gasteiger partial charge is 0.341 e. The Balaban J connectivity index is 2.05. The number of urea groups is 1. The summed E-state index contributed by atoms with van der Waals surface area (Å²) >= 11 is 0. The van der Waals surface area contributed by atoms with Crippen LogP contribution in [0.2, 0.25) is 0 Å². The van der Waals surface area contributed by atoms with E-state index in [0.29, 0.717) is 5.56 Å². The Kier molecular flexibility index (Phi) is 7.51. The highest BCUT2D eigenvalue weighted by Crippen LogP contribution is 2.15. The molecule has 4 amide bonds. The molecule has 1 atom stereocenters. The predicted octanol–water partition coefficient (Wildman–Crippen LogP) is 0.948. The molecule has 0 bridgehead atoms. The second-order valence-corrected chi connectivity index (χ2v) is 5.96. The van der Waals surface area contributed by atoms with E-state index in [1.165, 1.54) is 7.05 Å². The Hall–Kier alpha value is -3.19. The summed E-state index contributed by atoms with van der Waals surface area (Å²) in [6, 6.07) is 15.3. The third kappa shape index (κ3) is 5.93. The summed E-state index contributed by atoms with van der Waals surface area (Å²) < 4.78 is 0. The Morgan fingerprint density at radius 3 is 2.33 bits per heavy atom. The minimum absolute atomic E-state index is 0.0404. The predicted molar refractivity (Wildman–Crippen MR) is 103 cm³/mol. The fourth-order valence-electron chi connectivity index (χ4n) is 2.68. The van der Waals surface area contributed by atoms with Crippen LogP contribution < -0.4 is 21.3 Å². The maximum absolute atomic E-state index is 12.4. The van der Waals surface area contributed by atoms with Crippen LogP contribution in [-0.4, -0.2) is 31.4 Å². The van der Waals surface area contributed by atoms with Gasteiger partial charge in [-0.05, 0) is 18.1 Å². The smallest absolute Gasteiger partial charge is 0.321 e. The second kappa shape index (κ2) is 10.1. The molecule has 2 aromatic carbocycles. The molecule has 0 spiro atoms. The van der Waals surface area contributed by atoms with Crippen LogP contribution in [0.3, 0.4) is 0 Å². The molecule has 0 aliphatic carbocycles. The number of carbonyl (C=O) groups is 3. The van der Waals surface area contributed by atoms with E-state index in [-0.39, 0.29) is 12.5 Å². The molecule has 0 aliphatic heterocycles. The van der Waals surface area contributed by atoms with Gasteiger partial charge in [-0.15, -0.1) is 0 Å². The van der Waals surface area contributed by atoms with Gasteiger partial charge in [-0.1, -0.05) is 55.5 Å². The van der Waals surface area contributed by atoms with Crippen molar-refractivity contribution in [2.75, 3.05) is 18.9 Å². The van der Waals surface area contributed by atoms with Gasteiger partial charge in [-0.2, -0.15) is 0 Å². The van der Waals surface area contributed by atoms with Gasteiger partial charge in [0.05, 0.1) is 0 Å². The minimum Gasteiger partial charge on any atom is -0.341 e. The number of carbonyl (C=O) groups excluding carboxylic acids is 3. The number of anilines is 1. The third-order valence-corrected chi connectivity index (χ3v) is 4.12. The standard InChI is InChI=1S/C20H24N4O3/c1-3-14-9-7-8-12-16(14)23-17(25)13-22-18(15-10-5-4-6-11-15)19(26)24-20(27)21-2/h4-12,18,22H,3,13H2,1-2H3,(H,23,25)(H2,21,24,26,27)/p+1/t18-/m0/s1. The van der Waals surface area contributed by atoms with Crippen LogP contribution in [0.5, 0.6) is 0 Å². The van der Waals surface area contributed by atoms with Gasteiger partial charge in [0.15, 0.2) is 12.6 Å². The summed E-state index contributed by atoms with van der Waals surface area (Å²) in [4.78, 5) is 36.3. The third-order valence-electron chi connectivity index (χ3n) is 4.12. The van der Waals surface area contributed by atoms with Crippen LogP contribution in [0.1, 0.15) is 24.1 Å². The van der Waals surface area contributed by atoms with Crippen LogP contribution in [0, 0.1) is 0 Å². The molecule has 0 heterocycles. The molecule has 27 heavy (non-hydrogen) atoms. The van der Waals surface area contributed by atoms with Crippen molar-refractivity contribution < 1.29 is 19.7 Å². The van der Waals surface area contributed by atoms with Crippen molar-refractivity contribution >= 4 is 23.5 Å². The molecule has 142 valence electrons. The van der Waals surface area contributed by atoms with E-state index in [0.717, 1.165) is 17.7 Å². The molecular formula is C20H25N4O3+. The molecule has 7 nitrogen and oxygen atoms in total. The van der Waals surface area contributed by atoms with Crippen molar-refractivity contribution in [1.82, 2.24) is 10.6 Å². The Morgan fingerprint density at radius 1 is 1.00 bits per heavy atom. The van der Waals surface area contributed by atoms with E-state index in [9.17, 15) is 14.4 Å². The van der Waals surface area contributed by atoms with Crippen LogP contribution in [0.25, 0.3) is 0 Å². The fourth-order valence-corrected chi connectivity index (χ4v) is 2.68. The van der Waals surface area contributed by atoms with Crippen LogP contribution in [0.4, 0.5) is 10.5 Å². The van der Waals surface area contributed by atoms with Crippen molar-refractivity contribution in [3.05, 3.63) is 65.7 Å². The first-order valence-electron chi connectivity index (χ1n) is 8.83. The first-order chi connectivity index (χ1) is 13.0. The highest BCUT2D eigenvalue weighted by molar-refractivity contribution is 5.97. The van der Waals surface area contributed by atoms with Gasteiger partial charge in [0.25, 0.3) is 11.8 Å². The van der Waals surface area contributed by atoms with Crippen molar-refractivity contribution in [1.29, 1.82) is 0 Å². The number of hydrogen-bond donors (Lipinski definition) is 4. The average molecular weight is 369 g/mol. The number of benzene rings is 2. The molecule has 0 saturated heterocycles. The van der Waals surface area contributed by atoms with Crippen LogP contribution >= 0.6 is 0 Å². The maximum atomic E-state index is 12.4. The molecule has 7 heteroatoms. The van der Waals surface area contributed by atoms with E-state index in [4.69, 9.17) is 0 Å². The zero-order valence-electron chi connectivity index (χ0n) is 15.5. The lowest BCUT2D eigenvalue weighted by atomic mass is 10.1. The average Bonchev–Trinajstić information content (AvgIpc) is 2.69. The lowest BCUT2D eigenvalue weighted by molar-refractivity contribution is -0.672. The number of imide groups is 1. The summed E-state index contributed by atoms with van der Waals surface area (Å²) in [6.45, 7) is 2.06. The van der Waals surface area contributed by atoms with Crippen LogP contribution in [0.15, 0.2) is 54.6 Å². The first kappa shape index (κ1) is 20.1. The Labute approximate surface area is 158 Å². The molecule has 0 unspecified atom stereocenters. The van der Waals surface area contributed by atoms with Crippen molar-refractivity contribution in [2.24, 2.45) is 0 Å². The zero-order valence-corrected chi connectivity index (χ0v) is 15.5. The number of hydrogen-bond acceptors (Lipinski definition) is 3. The topological polar surface area (TPSA) is 104 Å². The fraction of sp³-hybridized carbons (Fsp3) is 0.250. The number of quaternary nitrogens is 1. The number of nitrogens with two attached hydrogens (primary N) is 1. The summed E-state index contributed by atoms with van der Waals surface area (Å²) in [5.41, 5.74) is 2.52. The highest BCUT2D eigenvalue weighted by atomic mass is 16.2. The van der Waals surface area contributed by atoms with Gasteiger partial charge in [-0.3, -0.25) is 14.9 Å². The van der Waals surface area contributed by atoms with E-state index in [2.05, 4.69) is 16.0 Å². The Bertz CT molecular complexity index is 793. The molecular weight excluding hydrogens is 344 g/mol. The zero-order chi connectivity index (χ0) is 19.6. The van der Waals surface area contributed by atoms with Gasteiger partial charge in [0.1, 0.15) is 0 Å². The summed E-state index contributed by atoms with van der Waals surface area (Å²) in [5.74, 6) is -0.702. The number of nitrogens with one attached hydrogen (secondary N) is 3. The first-order valence-corrected chi connectivity index (χ1v) is 8.83. The summed E-state index contributed by atoms with van der Waals surface area (Å²) in [6.07, 6.45) is 0.807. The minimum atomic E-state index is -0.712. The summed E-state index contributed by atoms with van der Waals surface area (Å²) in [7, 11) is 1.43. The van der Waals surface area contributed by atoms with Gasteiger partial charge in [0, 0.05) is 18.3 Å². The lowest BCUT2D eigenvalue weighted by Gasteiger charge is -2.15. The molecule has 0 aliphatic rings. The van der Waals surface area contributed by atoms with Crippen LogP contribution in [-0.2, 0) is 16.0 Å². The maximum Gasteiger partial charge on any atom is 0.321 e. The van der Waals surface area contributed by atoms with E-state index < -0.39 is 18.0 Å². The van der Waals surface area contributed by atoms with Gasteiger partial charge >= 0.3 is 6.03 Å². The van der Waals surface area contributed by atoms with Crippen molar-refractivity contribution in [2.45, 2.75) is 19.4 Å². The molecule has 2 aromatic rings. The number of para-hydroxylation sites is 1. The number of amides is 4. The van der Waals surface area contributed by atoms with E-state index >= 15 is 0 Å². The molecule has 0 radical (unpaired) electrons. The lowest BCUT2D eigenvalue weighted by Crippen LogP contribution is -2.89. The molecule has 0 saturated carbocycles. The van der Waals surface area contributed by atoms with Gasteiger partial charge in [0.2, 0.25) is 0 Å². The summed E-state index contributed by atoms with van der Waals surface area (Å²) in [5, 5.41) is 9.10. The molecule has 0 aromatic heterocycles. The highest BCUT2D eigenvalue weighted by Gasteiger charge is 2.26. The quantitative estimate of drug-likeness (QED) is 0.584. The van der Waals surface area contributed by atoms with Crippen molar-refractivity contribution in [3.8, 4) is 0 Å². The van der Waals surface area contributed by atoms with E-state index in [1.54, 1.807) is 29.6 Å². The normalized spacial score (nSPS) is 11.3. The monoisotopic (exact) mass is 369 g/mol. The van der Waals surface area contributed by atoms with E-state index in [1.807, 2.05) is 37.3 Å². The number of rotatable bonds is 7.